The maximum absolute atomic E-state index is 5.79. The minimum atomic E-state index is 0.323. The van der Waals surface area contributed by atoms with E-state index in [1.54, 1.807) is 0 Å². The fourth-order valence-electron chi connectivity index (χ4n) is 2.26. The summed E-state index contributed by atoms with van der Waals surface area (Å²) in [5.41, 5.74) is 5.79. The monoisotopic (exact) mass is 170 g/mol. The molecule has 0 aliphatic carbocycles. The third kappa shape index (κ3) is 2.46. The predicted molar refractivity (Wildman–Crippen MR) is 53.1 cm³/mol. The fraction of sp³-hybridized carbons (Fsp3) is 1.00. The Kier molecular flexibility index (Phi) is 3.53. The molecule has 2 N–H and O–H groups in total. The molecule has 0 spiro atoms. The number of likely N-dealkylation sites (tertiary alicyclic amines) is 1. The lowest BCUT2D eigenvalue weighted by molar-refractivity contribution is 0.235. The van der Waals surface area contributed by atoms with Gasteiger partial charge in [0.15, 0.2) is 0 Å². The van der Waals surface area contributed by atoms with Crippen molar-refractivity contribution in [3.63, 3.8) is 0 Å². The van der Waals surface area contributed by atoms with E-state index in [9.17, 15) is 0 Å². The van der Waals surface area contributed by atoms with E-state index >= 15 is 0 Å². The van der Waals surface area contributed by atoms with Gasteiger partial charge in [-0.25, -0.2) is 0 Å². The molecule has 0 aromatic carbocycles. The van der Waals surface area contributed by atoms with Crippen LogP contribution in [0.5, 0.6) is 0 Å². The Balaban J connectivity index is 2.40. The smallest absolute Gasteiger partial charge is 0.0139 e. The number of hydrogen-bond donors (Lipinski definition) is 1. The first-order chi connectivity index (χ1) is 5.63. The van der Waals surface area contributed by atoms with Gasteiger partial charge in [0.05, 0.1) is 0 Å². The van der Waals surface area contributed by atoms with Gasteiger partial charge in [-0.3, -0.25) is 4.90 Å². The summed E-state index contributed by atoms with van der Waals surface area (Å²) < 4.78 is 0. The van der Waals surface area contributed by atoms with Gasteiger partial charge in [-0.1, -0.05) is 13.8 Å². The molecule has 1 fully saturated rings. The van der Waals surface area contributed by atoms with Crippen LogP contribution in [0, 0.1) is 5.92 Å². The summed E-state index contributed by atoms with van der Waals surface area (Å²) >= 11 is 0. The van der Waals surface area contributed by atoms with E-state index in [0.29, 0.717) is 6.04 Å². The largest absolute Gasteiger partial charge is 0.327 e. The number of nitrogens with zero attached hydrogens (tertiary/aromatic N) is 1. The Bertz CT molecular complexity index is 134. The number of hydrogen-bond acceptors (Lipinski definition) is 2. The Hall–Kier alpha value is -0.0800. The molecule has 0 amide bonds. The van der Waals surface area contributed by atoms with Crippen molar-refractivity contribution in [2.75, 3.05) is 13.1 Å². The van der Waals surface area contributed by atoms with Crippen LogP contribution in [-0.2, 0) is 0 Å². The summed E-state index contributed by atoms with van der Waals surface area (Å²) in [7, 11) is 0. The molecule has 1 heterocycles. The Morgan fingerprint density at radius 1 is 1.58 bits per heavy atom. The minimum absolute atomic E-state index is 0.323. The van der Waals surface area contributed by atoms with Gasteiger partial charge >= 0.3 is 0 Å². The second kappa shape index (κ2) is 4.24. The molecular formula is C10H22N2. The summed E-state index contributed by atoms with van der Waals surface area (Å²) in [6, 6.07) is 1.12. The van der Waals surface area contributed by atoms with Gasteiger partial charge in [-0.15, -0.1) is 0 Å². The van der Waals surface area contributed by atoms with Crippen LogP contribution >= 0.6 is 0 Å². The van der Waals surface area contributed by atoms with Crippen molar-refractivity contribution in [1.29, 1.82) is 0 Å². The average molecular weight is 170 g/mol. The first-order valence-corrected chi connectivity index (χ1v) is 5.13. The molecule has 0 aromatic rings. The Morgan fingerprint density at radius 3 is 2.75 bits per heavy atom. The molecule has 12 heavy (non-hydrogen) atoms. The van der Waals surface area contributed by atoms with Gasteiger partial charge in [0.25, 0.3) is 0 Å². The highest BCUT2D eigenvalue weighted by Gasteiger charge is 2.27. The third-order valence-corrected chi connectivity index (χ3v) is 2.73. The van der Waals surface area contributed by atoms with E-state index in [1.165, 1.54) is 19.4 Å². The van der Waals surface area contributed by atoms with Crippen molar-refractivity contribution in [2.45, 2.75) is 45.7 Å². The standard InChI is InChI=1S/C10H22N2/c1-4-10-5-8(2)6-12(10)7-9(3)11/h8-10H,4-7,11H2,1-3H3/t8?,9-,10?/m1/s1. The highest BCUT2D eigenvalue weighted by molar-refractivity contribution is 4.83. The molecule has 3 atom stereocenters. The van der Waals surface area contributed by atoms with E-state index in [-0.39, 0.29) is 0 Å². The maximum Gasteiger partial charge on any atom is 0.0139 e. The molecule has 2 unspecified atom stereocenters. The molecule has 0 aromatic heterocycles. The van der Waals surface area contributed by atoms with E-state index in [4.69, 9.17) is 5.73 Å². The molecule has 0 radical (unpaired) electrons. The van der Waals surface area contributed by atoms with Gasteiger partial charge in [0, 0.05) is 25.2 Å². The molecule has 0 bridgehead atoms. The van der Waals surface area contributed by atoms with Crippen molar-refractivity contribution >= 4 is 0 Å². The van der Waals surface area contributed by atoms with Crippen LogP contribution in [0.4, 0.5) is 0 Å². The van der Waals surface area contributed by atoms with Gasteiger partial charge in [-0.05, 0) is 25.7 Å². The molecule has 0 saturated carbocycles. The van der Waals surface area contributed by atoms with Crippen LogP contribution in [0.2, 0.25) is 0 Å². The fourth-order valence-corrected chi connectivity index (χ4v) is 2.26. The lowest BCUT2D eigenvalue weighted by atomic mass is 10.1. The van der Waals surface area contributed by atoms with Gasteiger partial charge in [0.2, 0.25) is 0 Å². The molecule has 72 valence electrons. The molecule has 2 nitrogen and oxygen atoms in total. The topological polar surface area (TPSA) is 29.3 Å². The number of rotatable bonds is 3. The van der Waals surface area contributed by atoms with Crippen molar-refractivity contribution < 1.29 is 0 Å². The van der Waals surface area contributed by atoms with Gasteiger partial charge in [0.1, 0.15) is 0 Å². The summed E-state index contributed by atoms with van der Waals surface area (Å²) in [4.78, 5) is 2.55. The molecular weight excluding hydrogens is 148 g/mol. The molecule has 1 saturated heterocycles. The average Bonchev–Trinajstić information content (AvgIpc) is 2.29. The van der Waals surface area contributed by atoms with Gasteiger partial charge < -0.3 is 5.73 Å². The molecule has 2 heteroatoms. The normalized spacial score (nSPS) is 34.0. The Morgan fingerprint density at radius 2 is 2.25 bits per heavy atom. The summed E-state index contributed by atoms with van der Waals surface area (Å²) in [5, 5.41) is 0. The van der Waals surface area contributed by atoms with E-state index in [1.807, 2.05) is 0 Å². The summed E-state index contributed by atoms with van der Waals surface area (Å²) in [6.07, 6.45) is 2.64. The molecule has 1 rings (SSSR count). The highest BCUT2D eigenvalue weighted by Crippen LogP contribution is 2.24. The molecule has 1 aliphatic heterocycles. The number of nitrogens with two attached hydrogens (primary N) is 1. The second-order valence-electron chi connectivity index (χ2n) is 4.33. The lowest BCUT2D eigenvalue weighted by Gasteiger charge is -2.24. The maximum atomic E-state index is 5.79. The summed E-state index contributed by atoms with van der Waals surface area (Å²) in [6.45, 7) is 9.03. The van der Waals surface area contributed by atoms with Gasteiger partial charge in [-0.2, -0.15) is 0 Å². The van der Waals surface area contributed by atoms with Crippen LogP contribution < -0.4 is 5.73 Å². The predicted octanol–water partition coefficient (Wildman–Crippen LogP) is 1.45. The van der Waals surface area contributed by atoms with Crippen LogP contribution in [0.3, 0.4) is 0 Å². The minimum Gasteiger partial charge on any atom is -0.327 e. The zero-order valence-corrected chi connectivity index (χ0v) is 8.59. The highest BCUT2D eigenvalue weighted by atomic mass is 15.2. The van der Waals surface area contributed by atoms with E-state index in [2.05, 4.69) is 25.7 Å². The van der Waals surface area contributed by atoms with Crippen molar-refractivity contribution in [3.05, 3.63) is 0 Å². The van der Waals surface area contributed by atoms with Crippen molar-refractivity contribution in [3.8, 4) is 0 Å². The quantitative estimate of drug-likeness (QED) is 0.694. The zero-order valence-electron chi connectivity index (χ0n) is 8.59. The lowest BCUT2D eigenvalue weighted by Crippen LogP contribution is -2.38. The van der Waals surface area contributed by atoms with E-state index in [0.717, 1.165) is 18.5 Å². The zero-order chi connectivity index (χ0) is 9.14. The Labute approximate surface area is 76.1 Å². The van der Waals surface area contributed by atoms with Crippen LogP contribution in [-0.4, -0.2) is 30.1 Å². The van der Waals surface area contributed by atoms with Crippen LogP contribution in [0.1, 0.15) is 33.6 Å². The van der Waals surface area contributed by atoms with Crippen molar-refractivity contribution in [2.24, 2.45) is 11.7 Å². The van der Waals surface area contributed by atoms with Crippen LogP contribution in [0.15, 0.2) is 0 Å². The van der Waals surface area contributed by atoms with E-state index < -0.39 is 0 Å². The SMILES string of the molecule is CCC1CC(C)CN1C[C@@H](C)N. The molecule has 1 aliphatic rings. The third-order valence-electron chi connectivity index (χ3n) is 2.73. The van der Waals surface area contributed by atoms with Crippen LogP contribution in [0.25, 0.3) is 0 Å². The first kappa shape index (κ1) is 10.0. The first-order valence-electron chi connectivity index (χ1n) is 5.13. The van der Waals surface area contributed by atoms with Crippen molar-refractivity contribution in [1.82, 2.24) is 4.90 Å². The summed E-state index contributed by atoms with van der Waals surface area (Å²) in [5.74, 6) is 0.869. The second-order valence-corrected chi connectivity index (χ2v) is 4.33.